The van der Waals surface area contributed by atoms with E-state index in [9.17, 15) is 4.79 Å². The lowest BCUT2D eigenvalue weighted by molar-refractivity contribution is -0.132. The van der Waals surface area contributed by atoms with E-state index in [1.54, 1.807) is 0 Å². The Balaban J connectivity index is 4.31. The average molecular weight is 256 g/mol. The lowest BCUT2D eigenvalue weighted by Crippen LogP contribution is -2.46. The van der Waals surface area contributed by atoms with Crippen molar-refractivity contribution in [3.63, 3.8) is 0 Å². The number of carbonyl (C=O) groups excluding carboxylic acids is 1. The highest BCUT2D eigenvalue weighted by Gasteiger charge is 2.21. The predicted molar refractivity (Wildman–Crippen MR) is 78.6 cm³/mol. The molecule has 0 aliphatic carbocycles. The van der Waals surface area contributed by atoms with E-state index < -0.39 is 0 Å². The van der Waals surface area contributed by atoms with Crippen molar-refractivity contribution in [2.75, 3.05) is 19.6 Å². The normalized spacial score (nSPS) is 13.4. The second-order valence-electron chi connectivity index (χ2n) is 5.79. The highest BCUT2D eigenvalue weighted by atomic mass is 16.2. The fourth-order valence-electron chi connectivity index (χ4n) is 2.45. The van der Waals surface area contributed by atoms with E-state index in [-0.39, 0.29) is 11.9 Å². The first-order chi connectivity index (χ1) is 8.34. The van der Waals surface area contributed by atoms with E-state index in [0.717, 1.165) is 19.6 Å². The van der Waals surface area contributed by atoms with Crippen LogP contribution in [0.5, 0.6) is 0 Å². The van der Waals surface area contributed by atoms with Crippen LogP contribution in [0, 0.1) is 17.8 Å². The smallest absolute Gasteiger partial charge is 0.239 e. The molecule has 1 atom stereocenters. The summed E-state index contributed by atoms with van der Waals surface area (Å²) in [6.07, 6.45) is 0. The largest absolute Gasteiger partial charge is 0.342 e. The maximum atomic E-state index is 12.1. The van der Waals surface area contributed by atoms with Crippen molar-refractivity contribution in [2.24, 2.45) is 17.8 Å². The lowest BCUT2D eigenvalue weighted by atomic mass is 9.85. The van der Waals surface area contributed by atoms with E-state index in [4.69, 9.17) is 0 Å². The number of amides is 1. The van der Waals surface area contributed by atoms with Crippen LogP contribution in [0.15, 0.2) is 0 Å². The third-order valence-electron chi connectivity index (χ3n) is 3.82. The molecule has 0 aliphatic heterocycles. The fourth-order valence-corrected chi connectivity index (χ4v) is 2.45. The number of likely N-dealkylation sites (N-methyl/N-ethyl adjacent to an activating group) is 1. The van der Waals surface area contributed by atoms with Crippen LogP contribution in [-0.4, -0.2) is 36.5 Å². The van der Waals surface area contributed by atoms with Gasteiger partial charge in [0.25, 0.3) is 0 Å². The Morgan fingerprint density at radius 2 is 1.44 bits per heavy atom. The number of hydrogen-bond acceptors (Lipinski definition) is 2. The summed E-state index contributed by atoms with van der Waals surface area (Å²) in [7, 11) is 0. The zero-order chi connectivity index (χ0) is 14.3. The molecule has 0 saturated heterocycles. The SMILES string of the molecule is CCN(CC)C(=O)C(C)NCC(C(C)C)C(C)C. The summed E-state index contributed by atoms with van der Waals surface area (Å²) in [5.74, 6) is 2.13. The minimum Gasteiger partial charge on any atom is -0.342 e. The molecular weight excluding hydrogens is 224 g/mol. The Morgan fingerprint density at radius 1 is 1.00 bits per heavy atom. The summed E-state index contributed by atoms with van der Waals surface area (Å²) in [5, 5.41) is 3.40. The van der Waals surface area contributed by atoms with Crippen LogP contribution in [0.2, 0.25) is 0 Å². The van der Waals surface area contributed by atoms with Gasteiger partial charge < -0.3 is 10.2 Å². The van der Waals surface area contributed by atoms with Crippen LogP contribution in [-0.2, 0) is 4.79 Å². The zero-order valence-electron chi connectivity index (χ0n) is 13.3. The predicted octanol–water partition coefficient (Wildman–Crippen LogP) is 2.76. The van der Waals surface area contributed by atoms with Crippen LogP contribution in [0.25, 0.3) is 0 Å². The molecule has 0 aromatic heterocycles. The summed E-state index contributed by atoms with van der Waals surface area (Å²) in [6.45, 7) is 17.5. The van der Waals surface area contributed by atoms with Gasteiger partial charge in [-0.25, -0.2) is 0 Å². The van der Waals surface area contributed by atoms with Gasteiger partial charge in [-0.05, 0) is 45.1 Å². The Labute approximate surface area is 113 Å². The fraction of sp³-hybridized carbons (Fsp3) is 0.933. The van der Waals surface area contributed by atoms with E-state index in [1.165, 1.54) is 0 Å². The highest BCUT2D eigenvalue weighted by Crippen LogP contribution is 2.19. The van der Waals surface area contributed by atoms with Crippen LogP contribution in [0.3, 0.4) is 0 Å². The molecule has 18 heavy (non-hydrogen) atoms. The van der Waals surface area contributed by atoms with Gasteiger partial charge in [0.05, 0.1) is 6.04 Å². The summed E-state index contributed by atoms with van der Waals surface area (Å²) >= 11 is 0. The Kier molecular flexibility index (Phi) is 8.25. The number of rotatable bonds is 8. The van der Waals surface area contributed by atoms with Gasteiger partial charge in [0.2, 0.25) is 5.91 Å². The zero-order valence-corrected chi connectivity index (χ0v) is 13.3. The molecule has 0 rings (SSSR count). The molecule has 0 spiro atoms. The molecule has 3 heteroatoms. The lowest BCUT2D eigenvalue weighted by Gasteiger charge is -2.28. The monoisotopic (exact) mass is 256 g/mol. The highest BCUT2D eigenvalue weighted by molar-refractivity contribution is 5.81. The molecule has 0 aromatic rings. The molecule has 0 fully saturated rings. The van der Waals surface area contributed by atoms with Gasteiger partial charge in [-0.15, -0.1) is 0 Å². The molecule has 1 amide bonds. The standard InChI is InChI=1S/C15H32N2O/c1-8-17(9-2)15(18)13(7)16-10-14(11(3)4)12(5)6/h11-14,16H,8-10H2,1-7H3. The Bertz CT molecular complexity index is 227. The van der Waals surface area contributed by atoms with Gasteiger partial charge in [-0.3, -0.25) is 4.79 Å². The maximum Gasteiger partial charge on any atom is 0.239 e. The number of nitrogens with one attached hydrogen (secondary N) is 1. The van der Waals surface area contributed by atoms with E-state index >= 15 is 0 Å². The van der Waals surface area contributed by atoms with Crippen LogP contribution >= 0.6 is 0 Å². The van der Waals surface area contributed by atoms with Crippen LogP contribution in [0.1, 0.15) is 48.5 Å². The van der Waals surface area contributed by atoms with Crippen molar-refractivity contribution < 1.29 is 4.79 Å². The molecule has 1 unspecified atom stereocenters. The van der Waals surface area contributed by atoms with Gasteiger partial charge in [0.15, 0.2) is 0 Å². The molecule has 0 saturated carbocycles. The first-order valence-corrected chi connectivity index (χ1v) is 7.37. The van der Waals surface area contributed by atoms with Gasteiger partial charge in [0, 0.05) is 13.1 Å². The quantitative estimate of drug-likeness (QED) is 0.724. The van der Waals surface area contributed by atoms with Gasteiger partial charge in [-0.2, -0.15) is 0 Å². The van der Waals surface area contributed by atoms with Crippen LogP contribution < -0.4 is 5.32 Å². The third kappa shape index (κ3) is 5.38. The molecule has 1 N–H and O–H groups in total. The van der Waals surface area contributed by atoms with E-state index in [2.05, 4.69) is 33.0 Å². The molecule has 108 valence electrons. The van der Waals surface area contributed by atoms with Crippen molar-refractivity contribution in [1.29, 1.82) is 0 Å². The first-order valence-electron chi connectivity index (χ1n) is 7.37. The second-order valence-corrected chi connectivity index (χ2v) is 5.79. The van der Waals surface area contributed by atoms with Gasteiger partial charge >= 0.3 is 0 Å². The van der Waals surface area contributed by atoms with E-state index in [0.29, 0.717) is 17.8 Å². The molecule has 0 bridgehead atoms. The maximum absolute atomic E-state index is 12.1. The summed E-state index contributed by atoms with van der Waals surface area (Å²) in [6, 6.07) is -0.0788. The Morgan fingerprint density at radius 3 is 1.78 bits per heavy atom. The van der Waals surface area contributed by atoms with Crippen molar-refractivity contribution in [3.05, 3.63) is 0 Å². The number of hydrogen-bond donors (Lipinski definition) is 1. The minimum absolute atomic E-state index is 0.0788. The number of carbonyl (C=O) groups is 1. The van der Waals surface area contributed by atoms with Crippen molar-refractivity contribution >= 4 is 5.91 Å². The molecule has 0 aromatic carbocycles. The van der Waals surface area contributed by atoms with Crippen molar-refractivity contribution in [1.82, 2.24) is 10.2 Å². The topological polar surface area (TPSA) is 32.3 Å². The van der Waals surface area contributed by atoms with Crippen molar-refractivity contribution in [3.8, 4) is 0 Å². The molecule has 0 aliphatic rings. The Hall–Kier alpha value is -0.570. The molecule has 0 radical (unpaired) electrons. The van der Waals surface area contributed by atoms with Gasteiger partial charge in [-0.1, -0.05) is 27.7 Å². The summed E-state index contributed by atoms with van der Waals surface area (Å²) in [4.78, 5) is 14.0. The third-order valence-corrected chi connectivity index (χ3v) is 3.82. The summed E-state index contributed by atoms with van der Waals surface area (Å²) in [5.41, 5.74) is 0. The second kappa shape index (κ2) is 8.52. The van der Waals surface area contributed by atoms with Crippen molar-refractivity contribution in [2.45, 2.75) is 54.5 Å². The van der Waals surface area contributed by atoms with Gasteiger partial charge in [0.1, 0.15) is 0 Å². The average Bonchev–Trinajstić information content (AvgIpc) is 2.29. The van der Waals surface area contributed by atoms with E-state index in [1.807, 2.05) is 25.7 Å². The molecule has 0 heterocycles. The van der Waals surface area contributed by atoms with Crippen LogP contribution in [0.4, 0.5) is 0 Å². The summed E-state index contributed by atoms with van der Waals surface area (Å²) < 4.78 is 0. The molecular formula is C15H32N2O. The molecule has 3 nitrogen and oxygen atoms in total. The first kappa shape index (κ1) is 17.4. The minimum atomic E-state index is -0.0788. The number of nitrogens with zero attached hydrogens (tertiary/aromatic N) is 1.